The molecule has 204 valence electrons. The largest absolute Gasteiger partial charge is 0.346 e. The molecule has 3 rings (SSSR count). The van der Waals surface area contributed by atoms with Gasteiger partial charge in [0.05, 0.1) is 28.8 Å². The molecule has 1 heterocycles. The Kier molecular flexibility index (Phi) is 12.3. The summed E-state index contributed by atoms with van der Waals surface area (Å²) in [5.74, 6) is -0.713. The van der Waals surface area contributed by atoms with Crippen molar-refractivity contribution in [1.82, 2.24) is 15.6 Å². The number of rotatable bonds is 13. The average Bonchev–Trinajstić information content (AvgIpc) is 2.95. The van der Waals surface area contributed by atoms with Crippen molar-refractivity contribution in [2.24, 2.45) is 11.0 Å². The summed E-state index contributed by atoms with van der Waals surface area (Å²) in [4.78, 5) is 40.2. The van der Waals surface area contributed by atoms with Gasteiger partial charge in [-0.3, -0.25) is 14.4 Å². The molecular formula is C30H39ClN4O3. The maximum absolute atomic E-state index is 13.0. The van der Waals surface area contributed by atoms with Crippen molar-refractivity contribution in [3.05, 3.63) is 70.7 Å². The van der Waals surface area contributed by atoms with Gasteiger partial charge in [0.15, 0.2) is 0 Å². The van der Waals surface area contributed by atoms with Crippen molar-refractivity contribution < 1.29 is 14.4 Å². The zero-order valence-electron chi connectivity index (χ0n) is 22.3. The molecule has 3 amide bonds. The maximum Gasteiger partial charge on any atom is 0.253 e. The summed E-state index contributed by atoms with van der Waals surface area (Å²) in [5.41, 5.74) is 4.37. The summed E-state index contributed by atoms with van der Waals surface area (Å²) in [6, 6.07) is 16.2. The quantitative estimate of drug-likeness (QED) is 0.198. The number of carbonyl (C=O) groups excluding carboxylic acids is 3. The second kappa shape index (κ2) is 15.9. The first-order valence-electron chi connectivity index (χ1n) is 13.7. The zero-order chi connectivity index (χ0) is 27.2. The van der Waals surface area contributed by atoms with Crippen LogP contribution >= 0.6 is 11.6 Å². The van der Waals surface area contributed by atoms with E-state index in [1.165, 1.54) is 25.7 Å². The normalized spacial score (nSPS) is 15.7. The van der Waals surface area contributed by atoms with Crippen molar-refractivity contribution in [2.45, 2.75) is 64.7 Å². The highest BCUT2D eigenvalue weighted by atomic mass is 35.5. The zero-order valence-corrected chi connectivity index (χ0v) is 23.0. The minimum Gasteiger partial charge on any atom is -0.346 e. The van der Waals surface area contributed by atoms with Gasteiger partial charge in [0, 0.05) is 19.5 Å². The number of halogens is 1. The number of amides is 3. The highest BCUT2D eigenvalue weighted by Crippen LogP contribution is 2.19. The van der Waals surface area contributed by atoms with E-state index >= 15 is 0 Å². The van der Waals surface area contributed by atoms with Crippen molar-refractivity contribution in [1.29, 1.82) is 0 Å². The highest BCUT2D eigenvalue weighted by Gasteiger charge is 2.28. The molecule has 0 radical (unpaired) electrons. The van der Waals surface area contributed by atoms with Crippen molar-refractivity contribution in [3.63, 3.8) is 0 Å². The molecule has 2 N–H and O–H groups in total. The van der Waals surface area contributed by atoms with E-state index in [4.69, 9.17) is 11.6 Å². The van der Waals surface area contributed by atoms with Crippen molar-refractivity contribution >= 4 is 35.0 Å². The Morgan fingerprint density at radius 1 is 0.974 bits per heavy atom. The predicted octanol–water partition coefficient (Wildman–Crippen LogP) is 5.58. The first kappa shape index (κ1) is 29.4. The molecule has 0 spiro atoms. The predicted molar refractivity (Wildman–Crippen MR) is 152 cm³/mol. The lowest BCUT2D eigenvalue weighted by Gasteiger charge is -2.31. The summed E-state index contributed by atoms with van der Waals surface area (Å²) in [6.07, 6.45) is 8.90. The Labute approximate surface area is 231 Å². The molecule has 2 aromatic rings. The number of nitrogens with zero attached hydrogens (tertiary/aromatic N) is 2. The van der Waals surface area contributed by atoms with Crippen LogP contribution in [0.4, 0.5) is 0 Å². The maximum atomic E-state index is 13.0. The summed E-state index contributed by atoms with van der Waals surface area (Å²) < 4.78 is 0. The van der Waals surface area contributed by atoms with Crippen LogP contribution in [-0.2, 0) is 9.59 Å². The van der Waals surface area contributed by atoms with Gasteiger partial charge in [0.2, 0.25) is 11.8 Å². The van der Waals surface area contributed by atoms with Crippen molar-refractivity contribution in [3.8, 4) is 0 Å². The minimum absolute atomic E-state index is 0.113. The monoisotopic (exact) mass is 538 g/mol. The molecule has 0 aliphatic carbocycles. The molecule has 1 saturated heterocycles. The van der Waals surface area contributed by atoms with Gasteiger partial charge in [-0.2, -0.15) is 5.10 Å². The molecule has 0 bridgehead atoms. The van der Waals surface area contributed by atoms with Crippen LogP contribution in [0.5, 0.6) is 0 Å². The van der Waals surface area contributed by atoms with E-state index in [1.807, 2.05) is 35.2 Å². The third-order valence-corrected chi connectivity index (χ3v) is 7.16. The van der Waals surface area contributed by atoms with Gasteiger partial charge < -0.3 is 10.2 Å². The lowest BCUT2D eigenvalue weighted by atomic mass is 9.97. The second-order valence-electron chi connectivity index (χ2n) is 9.76. The van der Waals surface area contributed by atoms with E-state index in [2.05, 4.69) is 22.8 Å². The summed E-state index contributed by atoms with van der Waals surface area (Å²) in [5, 5.41) is 7.58. The van der Waals surface area contributed by atoms with Gasteiger partial charge >= 0.3 is 0 Å². The Morgan fingerprint density at radius 2 is 1.68 bits per heavy atom. The van der Waals surface area contributed by atoms with Gasteiger partial charge in [0.25, 0.3) is 5.91 Å². The molecule has 0 saturated carbocycles. The summed E-state index contributed by atoms with van der Waals surface area (Å²) in [6.45, 7) is 3.42. The van der Waals surface area contributed by atoms with Gasteiger partial charge in [0.1, 0.15) is 0 Å². The Balaban J connectivity index is 1.56. The number of hydrogen-bond donors (Lipinski definition) is 2. The Hall–Kier alpha value is -3.19. The Morgan fingerprint density at radius 3 is 2.45 bits per heavy atom. The molecule has 1 atom stereocenters. The van der Waals surface area contributed by atoms with E-state index in [1.54, 1.807) is 24.3 Å². The molecule has 1 fully saturated rings. The number of unbranched alkanes of at least 4 members (excludes halogenated alkanes) is 5. The summed E-state index contributed by atoms with van der Waals surface area (Å²) >= 11 is 6.15. The van der Waals surface area contributed by atoms with Crippen LogP contribution in [-0.4, -0.2) is 48.0 Å². The van der Waals surface area contributed by atoms with Gasteiger partial charge in [-0.1, -0.05) is 93.1 Å². The third-order valence-electron chi connectivity index (χ3n) is 6.83. The van der Waals surface area contributed by atoms with Crippen LogP contribution < -0.4 is 10.7 Å². The summed E-state index contributed by atoms with van der Waals surface area (Å²) in [7, 11) is 0. The molecule has 2 aromatic carbocycles. The van der Waals surface area contributed by atoms with Crippen LogP contribution in [0.15, 0.2) is 59.7 Å². The lowest BCUT2D eigenvalue weighted by Crippen LogP contribution is -2.45. The molecule has 38 heavy (non-hydrogen) atoms. The molecule has 7 nitrogen and oxygen atoms in total. The SMILES string of the molecule is CCCCCCCCC(=O)N1CCCC(C(=O)NN=C(CNC(=O)c2ccccc2Cl)c2ccccc2)C1. The number of likely N-dealkylation sites (tertiary alicyclic amines) is 1. The minimum atomic E-state index is -0.322. The van der Waals surface area contributed by atoms with Crippen LogP contribution in [0.1, 0.15) is 80.6 Å². The first-order valence-corrected chi connectivity index (χ1v) is 14.1. The van der Waals surface area contributed by atoms with Crippen LogP contribution in [0.25, 0.3) is 0 Å². The third kappa shape index (κ3) is 9.28. The van der Waals surface area contributed by atoms with Crippen LogP contribution in [0.3, 0.4) is 0 Å². The number of nitrogens with one attached hydrogen (secondary N) is 2. The standard InChI is InChI=1S/C30H39ClN4O3/c1-2-3-4-5-6-10-19-28(36)35-20-13-16-24(22-35)29(37)34-33-27(23-14-8-7-9-15-23)21-32-30(38)25-17-11-12-18-26(25)31/h7-9,11-12,14-15,17-18,24H,2-6,10,13,16,19-22H2,1H3,(H,32,38)(H,34,37). The topological polar surface area (TPSA) is 90.9 Å². The van der Waals surface area contributed by atoms with Crippen molar-refractivity contribution in [2.75, 3.05) is 19.6 Å². The number of carbonyl (C=O) groups is 3. The molecule has 1 aliphatic rings. The van der Waals surface area contributed by atoms with E-state index in [0.717, 1.165) is 24.8 Å². The van der Waals surface area contributed by atoms with Crippen LogP contribution in [0, 0.1) is 5.92 Å². The van der Waals surface area contributed by atoms with E-state index in [0.29, 0.717) is 42.2 Å². The van der Waals surface area contributed by atoms with E-state index in [9.17, 15) is 14.4 Å². The molecule has 8 heteroatoms. The number of piperidine rings is 1. The van der Waals surface area contributed by atoms with Gasteiger partial charge in [-0.05, 0) is 37.0 Å². The highest BCUT2D eigenvalue weighted by molar-refractivity contribution is 6.33. The molecule has 1 unspecified atom stereocenters. The Bertz CT molecular complexity index is 1090. The fourth-order valence-electron chi connectivity index (χ4n) is 4.59. The van der Waals surface area contributed by atoms with Crippen LogP contribution in [0.2, 0.25) is 5.02 Å². The fraction of sp³-hybridized carbons (Fsp3) is 0.467. The number of benzene rings is 2. The molecule has 0 aromatic heterocycles. The molecule has 1 aliphatic heterocycles. The first-order chi connectivity index (χ1) is 18.5. The second-order valence-corrected chi connectivity index (χ2v) is 10.2. The van der Waals surface area contributed by atoms with E-state index in [-0.39, 0.29) is 30.2 Å². The fourth-order valence-corrected chi connectivity index (χ4v) is 4.81. The smallest absolute Gasteiger partial charge is 0.253 e. The van der Waals surface area contributed by atoms with Gasteiger partial charge in [-0.25, -0.2) is 5.43 Å². The number of hydrogen-bond acceptors (Lipinski definition) is 4. The average molecular weight is 539 g/mol. The lowest BCUT2D eigenvalue weighted by molar-refractivity contribution is -0.135. The number of hydrazone groups is 1. The van der Waals surface area contributed by atoms with E-state index < -0.39 is 0 Å². The molecular weight excluding hydrogens is 500 g/mol. The van der Waals surface area contributed by atoms with Gasteiger partial charge in [-0.15, -0.1) is 0 Å².